The van der Waals surface area contributed by atoms with Crippen LogP contribution in [0.25, 0.3) is 16.8 Å². The van der Waals surface area contributed by atoms with Crippen LogP contribution in [0.3, 0.4) is 0 Å². The van der Waals surface area contributed by atoms with Gasteiger partial charge in [-0.25, -0.2) is 0 Å². The van der Waals surface area contributed by atoms with Crippen LogP contribution >= 0.6 is 0 Å². The fourth-order valence-corrected chi connectivity index (χ4v) is 4.41. The van der Waals surface area contributed by atoms with E-state index in [2.05, 4.69) is 10.6 Å². The standard InChI is InChI=1S/C28H24N2O5S/c1-19-7-15-26(16-8-19)36(33,34)35-25-13-9-21(10-14-25)17-27(29-20(2)31)28(32)30-24-12-11-22-5-3-4-6-23(22)18-24/h3-18H,1-2H3,(H,29,31)(H,30,32)/b27-17-. The summed E-state index contributed by atoms with van der Waals surface area (Å²) in [6, 6.07) is 25.8. The Morgan fingerprint density at radius 3 is 2.17 bits per heavy atom. The first-order valence-corrected chi connectivity index (χ1v) is 12.5. The van der Waals surface area contributed by atoms with Crippen LogP contribution < -0.4 is 14.8 Å². The van der Waals surface area contributed by atoms with Crippen molar-refractivity contribution in [2.24, 2.45) is 0 Å². The van der Waals surface area contributed by atoms with Gasteiger partial charge in [0.25, 0.3) is 5.91 Å². The summed E-state index contributed by atoms with van der Waals surface area (Å²) in [6.07, 6.45) is 1.50. The molecule has 7 nitrogen and oxygen atoms in total. The third kappa shape index (κ3) is 6.17. The smallest absolute Gasteiger partial charge is 0.339 e. The number of anilines is 1. The van der Waals surface area contributed by atoms with Crippen molar-refractivity contribution in [1.29, 1.82) is 0 Å². The second kappa shape index (κ2) is 10.5. The first-order valence-electron chi connectivity index (χ1n) is 11.1. The topological polar surface area (TPSA) is 102 Å². The SMILES string of the molecule is CC(=O)N/C(=C\c1ccc(OS(=O)(=O)c2ccc(C)cc2)cc1)C(=O)Nc1ccc2ccccc2c1. The highest BCUT2D eigenvalue weighted by Crippen LogP contribution is 2.22. The van der Waals surface area contributed by atoms with Crippen molar-refractivity contribution in [2.75, 3.05) is 5.32 Å². The van der Waals surface area contributed by atoms with E-state index in [1.807, 2.05) is 43.3 Å². The van der Waals surface area contributed by atoms with E-state index in [1.165, 1.54) is 37.3 Å². The molecule has 4 aromatic rings. The van der Waals surface area contributed by atoms with Crippen LogP contribution in [0.15, 0.2) is 102 Å². The maximum absolute atomic E-state index is 12.9. The summed E-state index contributed by atoms with van der Waals surface area (Å²) in [6.45, 7) is 3.17. The summed E-state index contributed by atoms with van der Waals surface area (Å²) in [5, 5.41) is 7.36. The van der Waals surface area contributed by atoms with E-state index in [4.69, 9.17) is 4.18 Å². The van der Waals surface area contributed by atoms with Crippen molar-refractivity contribution in [3.8, 4) is 5.75 Å². The molecule has 0 spiro atoms. The molecule has 0 aliphatic heterocycles. The first kappa shape index (κ1) is 24.7. The average molecular weight is 501 g/mol. The van der Waals surface area contributed by atoms with Crippen LogP contribution in [-0.4, -0.2) is 20.2 Å². The number of fused-ring (bicyclic) bond motifs is 1. The van der Waals surface area contributed by atoms with Crippen molar-refractivity contribution in [1.82, 2.24) is 5.32 Å². The highest BCUT2D eigenvalue weighted by atomic mass is 32.2. The molecule has 0 aliphatic rings. The van der Waals surface area contributed by atoms with E-state index in [-0.39, 0.29) is 16.3 Å². The van der Waals surface area contributed by atoms with Crippen LogP contribution in [0.5, 0.6) is 5.75 Å². The summed E-state index contributed by atoms with van der Waals surface area (Å²) in [5.41, 5.74) is 2.12. The lowest BCUT2D eigenvalue weighted by Gasteiger charge is -2.11. The van der Waals surface area contributed by atoms with Crippen molar-refractivity contribution in [3.05, 3.63) is 108 Å². The Hall–Kier alpha value is -4.43. The third-order valence-corrected chi connectivity index (χ3v) is 6.53. The van der Waals surface area contributed by atoms with Gasteiger partial charge in [-0.05, 0) is 65.7 Å². The van der Waals surface area contributed by atoms with Crippen LogP contribution in [-0.2, 0) is 19.7 Å². The van der Waals surface area contributed by atoms with Crippen LogP contribution in [0.2, 0.25) is 0 Å². The lowest BCUT2D eigenvalue weighted by molar-refractivity contribution is -0.120. The number of rotatable bonds is 7. The number of hydrogen-bond donors (Lipinski definition) is 2. The molecule has 0 aromatic heterocycles. The molecule has 0 atom stereocenters. The molecule has 8 heteroatoms. The summed E-state index contributed by atoms with van der Waals surface area (Å²) in [7, 11) is -3.98. The third-order valence-electron chi connectivity index (χ3n) is 5.27. The quantitative estimate of drug-likeness (QED) is 0.274. The molecule has 0 saturated carbocycles. The lowest BCUT2D eigenvalue weighted by atomic mass is 10.1. The van der Waals surface area contributed by atoms with Gasteiger partial charge in [0.1, 0.15) is 16.3 Å². The summed E-state index contributed by atoms with van der Waals surface area (Å²) in [4.78, 5) is 24.7. The molecule has 0 unspecified atom stereocenters. The predicted octanol–water partition coefficient (Wildman–Crippen LogP) is 5.03. The number of carbonyl (C=O) groups excluding carboxylic acids is 2. The molecule has 0 saturated heterocycles. The van der Waals surface area contributed by atoms with E-state index in [9.17, 15) is 18.0 Å². The highest BCUT2D eigenvalue weighted by molar-refractivity contribution is 7.87. The Morgan fingerprint density at radius 1 is 0.833 bits per heavy atom. The van der Waals surface area contributed by atoms with Crippen molar-refractivity contribution >= 4 is 44.5 Å². The number of amides is 2. The maximum Gasteiger partial charge on any atom is 0.339 e. The zero-order chi connectivity index (χ0) is 25.7. The second-order valence-corrected chi connectivity index (χ2v) is 9.72. The van der Waals surface area contributed by atoms with E-state index in [1.54, 1.807) is 30.3 Å². The minimum atomic E-state index is -3.98. The van der Waals surface area contributed by atoms with Gasteiger partial charge in [0.15, 0.2) is 0 Å². The fraction of sp³-hybridized carbons (Fsp3) is 0.0714. The molecule has 0 fully saturated rings. The Bertz CT molecular complexity index is 1560. The second-order valence-electron chi connectivity index (χ2n) is 8.17. The van der Waals surface area contributed by atoms with E-state index >= 15 is 0 Å². The monoisotopic (exact) mass is 500 g/mol. The molecule has 0 radical (unpaired) electrons. The molecular weight excluding hydrogens is 476 g/mol. The lowest BCUT2D eigenvalue weighted by Crippen LogP contribution is -2.28. The fourth-order valence-electron chi connectivity index (χ4n) is 3.48. The molecular formula is C28H24N2O5S. The van der Waals surface area contributed by atoms with Gasteiger partial charge in [-0.1, -0.05) is 60.2 Å². The number of nitrogens with one attached hydrogen (secondary N) is 2. The van der Waals surface area contributed by atoms with Crippen molar-refractivity contribution in [3.63, 3.8) is 0 Å². The highest BCUT2D eigenvalue weighted by Gasteiger charge is 2.17. The Labute approximate surface area is 209 Å². The predicted molar refractivity (Wildman–Crippen MR) is 140 cm³/mol. The Kier molecular flexibility index (Phi) is 7.17. The van der Waals surface area contributed by atoms with Gasteiger partial charge in [-0.15, -0.1) is 0 Å². The molecule has 0 aliphatic carbocycles. The van der Waals surface area contributed by atoms with Gasteiger partial charge >= 0.3 is 10.1 Å². The Balaban J connectivity index is 1.52. The molecule has 2 N–H and O–H groups in total. The number of carbonyl (C=O) groups is 2. The van der Waals surface area contributed by atoms with Crippen LogP contribution in [0.1, 0.15) is 18.1 Å². The van der Waals surface area contributed by atoms with Gasteiger partial charge in [0.2, 0.25) is 5.91 Å². The number of benzene rings is 4. The summed E-state index contributed by atoms with van der Waals surface area (Å²) in [5.74, 6) is -0.781. The van der Waals surface area contributed by atoms with Gasteiger partial charge in [-0.2, -0.15) is 8.42 Å². The van der Waals surface area contributed by atoms with Gasteiger partial charge in [-0.3, -0.25) is 9.59 Å². The van der Waals surface area contributed by atoms with Gasteiger partial charge in [0, 0.05) is 12.6 Å². The van der Waals surface area contributed by atoms with Gasteiger partial charge in [0.05, 0.1) is 0 Å². The first-order chi connectivity index (χ1) is 17.2. The summed E-state index contributed by atoms with van der Waals surface area (Å²) >= 11 is 0. The minimum absolute atomic E-state index is 0.0385. The number of aryl methyl sites for hydroxylation is 1. The molecule has 182 valence electrons. The van der Waals surface area contributed by atoms with Crippen LogP contribution in [0, 0.1) is 6.92 Å². The molecule has 36 heavy (non-hydrogen) atoms. The molecule has 4 aromatic carbocycles. The van der Waals surface area contributed by atoms with Crippen LogP contribution in [0.4, 0.5) is 5.69 Å². The number of hydrogen-bond acceptors (Lipinski definition) is 5. The minimum Gasteiger partial charge on any atom is -0.379 e. The normalized spacial score (nSPS) is 11.7. The van der Waals surface area contributed by atoms with Gasteiger partial charge < -0.3 is 14.8 Å². The molecule has 0 heterocycles. The zero-order valence-electron chi connectivity index (χ0n) is 19.7. The largest absolute Gasteiger partial charge is 0.379 e. The van der Waals surface area contributed by atoms with E-state index in [0.29, 0.717) is 11.3 Å². The average Bonchev–Trinajstić information content (AvgIpc) is 2.84. The van der Waals surface area contributed by atoms with Crippen molar-refractivity contribution < 1.29 is 22.2 Å². The van der Waals surface area contributed by atoms with Crippen molar-refractivity contribution in [2.45, 2.75) is 18.7 Å². The zero-order valence-corrected chi connectivity index (χ0v) is 20.5. The summed E-state index contributed by atoms with van der Waals surface area (Å²) < 4.78 is 30.2. The molecule has 0 bridgehead atoms. The Morgan fingerprint density at radius 2 is 1.50 bits per heavy atom. The molecule has 4 rings (SSSR count). The van der Waals surface area contributed by atoms with E-state index < -0.39 is 21.9 Å². The maximum atomic E-state index is 12.9. The van der Waals surface area contributed by atoms with E-state index in [0.717, 1.165) is 16.3 Å². The molecule has 2 amide bonds.